The zero-order valence-electron chi connectivity index (χ0n) is 29.6. The van der Waals surface area contributed by atoms with Crippen LogP contribution in [-0.2, 0) is 4.79 Å². The van der Waals surface area contributed by atoms with Gasteiger partial charge >= 0.3 is 0 Å². The summed E-state index contributed by atoms with van der Waals surface area (Å²) in [5.74, 6) is 1.19. The molecule has 6 aliphatic rings. The van der Waals surface area contributed by atoms with Crippen LogP contribution in [0.1, 0.15) is 78.1 Å². The molecule has 0 bridgehead atoms. The molecule has 4 saturated heterocycles. The van der Waals surface area contributed by atoms with E-state index in [9.17, 15) is 4.79 Å². The highest BCUT2D eigenvalue weighted by Gasteiger charge is 2.44. The van der Waals surface area contributed by atoms with Crippen molar-refractivity contribution >= 4 is 5.91 Å². The highest BCUT2D eigenvalue weighted by atomic mass is 16.1. The SMILES string of the molecule is CCC1NC(C(N)=O)C(NC2CCC(N3CCC(N4CCN(C)CC4)CC3)C(C)C2)NC1N(C)[C@@H]1CCN(CC2CC=CCC2)C1. The van der Waals surface area contributed by atoms with Crippen molar-refractivity contribution in [3.63, 3.8) is 0 Å². The maximum atomic E-state index is 12.8. The van der Waals surface area contributed by atoms with Crippen LogP contribution < -0.4 is 21.7 Å². The number of carbonyl (C=O) groups is 1. The third-order valence-corrected chi connectivity index (χ3v) is 12.9. The highest BCUT2D eigenvalue weighted by Crippen LogP contribution is 2.32. The fourth-order valence-corrected chi connectivity index (χ4v) is 9.97. The van der Waals surface area contributed by atoms with Gasteiger partial charge in [0.25, 0.3) is 0 Å². The minimum atomic E-state index is -0.407. The lowest BCUT2D eigenvalue weighted by molar-refractivity contribution is -0.123. The molecule has 4 aliphatic heterocycles. The van der Waals surface area contributed by atoms with E-state index in [1.807, 2.05) is 0 Å². The van der Waals surface area contributed by atoms with Crippen molar-refractivity contribution in [1.29, 1.82) is 0 Å². The van der Waals surface area contributed by atoms with Gasteiger partial charge in [-0.25, -0.2) is 0 Å². The lowest BCUT2D eigenvalue weighted by Crippen LogP contribution is -2.77. The number of hydrogen-bond acceptors (Lipinski definition) is 9. The van der Waals surface area contributed by atoms with Crippen LogP contribution in [-0.4, -0.2) is 152 Å². The quantitative estimate of drug-likeness (QED) is 0.266. The molecule has 4 heterocycles. The first kappa shape index (κ1) is 34.7. The number of primary amides is 1. The van der Waals surface area contributed by atoms with E-state index in [4.69, 9.17) is 5.73 Å². The van der Waals surface area contributed by atoms with Crippen LogP contribution in [0, 0.1) is 11.8 Å². The summed E-state index contributed by atoms with van der Waals surface area (Å²) in [6.45, 7) is 15.6. The van der Waals surface area contributed by atoms with Crippen LogP contribution in [0.25, 0.3) is 0 Å². The smallest absolute Gasteiger partial charge is 0.237 e. The van der Waals surface area contributed by atoms with E-state index < -0.39 is 6.04 Å². The zero-order valence-corrected chi connectivity index (χ0v) is 29.6. The van der Waals surface area contributed by atoms with Gasteiger partial charge in [0.2, 0.25) is 5.91 Å². The van der Waals surface area contributed by atoms with Gasteiger partial charge in [0, 0.05) is 69.5 Å². The summed E-state index contributed by atoms with van der Waals surface area (Å²) in [6, 6.07) is 2.14. The summed E-state index contributed by atoms with van der Waals surface area (Å²) in [5.41, 5.74) is 6.03. The van der Waals surface area contributed by atoms with Gasteiger partial charge < -0.3 is 20.4 Å². The fourth-order valence-electron chi connectivity index (χ4n) is 9.97. The Balaban J connectivity index is 1.00. The Morgan fingerprint density at radius 1 is 0.957 bits per heavy atom. The molecule has 9 atom stereocenters. The first-order valence-electron chi connectivity index (χ1n) is 19.1. The summed E-state index contributed by atoms with van der Waals surface area (Å²) in [5, 5.41) is 11.6. The first-order chi connectivity index (χ1) is 22.3. The third kappa shape index (κ3) is 8.36. The van der Waals surface area contributed by atoms with Gasteiger partial charge in [-0.1, -0.05) is 26.0 Å². The van der Waals surface area contributed by atoms with Crippen LogP contribution in [0.5, 0.6) is 0 Å². The lowest BCUT2D eigenvalue weighted by Gasteiger charge is -2.50. The van der Waals surface area contributed by atoms with E-state index in [1.54, 1.807) is 0 Å². The molecule has 0 radical (unpaired) electrons. The van der Waals surface area contributed by atoms with Gasteiger partial charge in [-0.15, -0.1) is 0 Å². The maximum Gasteiger partial charge on any atom is 0.237 e. The molecular formula is C36H67N9O. The topological polar surface area (TPSA) is 95.4 Å². The number of piperidine rings is 1. The Kier molecular flexibility index (Phi) is 12.1. The molecule has 2 aliphatic carbocycles. The number of carbonyl (C=O) groups excluding carboxylic acids is 1. The number of piperazine rings is 2. The molecule has 10 nitrogen and oxygen atoms in total. The average Bonchev–Trinajstić information content (AvgIpc) is 3.53. The van der Waals surface area contributed by atoms with Crippen molar-refractivity contribution in [3.05, 3.63) is 12.2 Å². The average molecular weight is 642 g/mol. The molecule has 6 rings (SSSR count). The van der Waals surface area contributed by atoms with Crippen molar-refractivity contribution in [2.75, 3.05) is 73.0 Å². The number of amides is 1. The van der Waals surface area contributed by atoms with E-state index in [0.29, 0.717) is 24.0 Å². The second-order valence-electron chi connectivity index (χ2n) is 16.0. The molecule has 1 amide bonds. The molecule has 8 unspecified atom stereocenters. The van der Waals surface area contributed by atoms with Gasteiger partial charge in [-0.2, -0.15) is 0 Å². The number of likely N-dealkylation sites (N-methyl/N-ethyl adjacent to an activating group) is 2. The Morgan fingerprint density at radius 2 is 1.74 bits per heavy atom. The molecule has 0 aromatic heterocycles. The zero-order chi connectivity index (χ0) is 32.2. The summed E-state index contributed by atoms with van der Waals surface area (Å²) < 4.78 is 0. The number of hydrogen-bond donors (Lipinski definition) is 4. The fraction of sp³-hybridized carbons (Fsp3) is 0.917. The number of likely N-dealkylation sites (tertiary alicyclic amines) is 2. The summed E-state index contributed by atoms with van der Waals surface area (Å²) in [7, 11) is 4.54. The molecule has 5 fully saturated rings. The first-order valence-corrected chi connectivity index (χ1v) is 19.1. The van der Waals surface area contributed by atoms with Gasteiger partial charge in [0.15, 0.2) is 0 Å². The minimum Gasteiger partial charge on any atom is -0.368 e. The van der Waals surface area contributed by atoms with Crippen molar-refractivity contribution in [2.45, 2.75) is 127 Å². The summed E-state index contributed by atoms with van der Waals surface area (Å²) >= 11 is 0. The lowest BCUT2D eigenvalue weighted by atomic mass is 9.80. The van der Waals surface area contributed by atoms with E-state index in [1.165, 1.54) is 97.3 Å². The predicted octanol–water partition coefficient (Wildman–Crippen LogP) is 1.68. The Labute approximate surface area is 280 Å². The van der Waals surface area contributed by atoms with Crippen LogP contribution in [0.3, 0.4) is 0 Å². The molecule has 0 aromatic carbocycles. The summed E-state index contributed by atoms with van der Waals surface area (Å²) in [4.78, 5) is 26.0. The molecule has 10 heteroatoms. The second-order valence-corrected chi connectivity index (χ2v) is 16.0. The standard InChI is InChI=1S/C36H67N9O/c1-5-31-36(42(4)30-13-16-43(25-30)24-27-9-7-6-8-10-27)40-35(33(39-31)34(37)46)38-28-11-12-32(26(2)23-28)45-17-14-29(15-18-45)44-21-19-41(3)20-22-44/h6-7,26-33,35-36,38-40H,5,8-25H2,1-4H3,(H2,37,46)/t26?,27?,28?,30-,31?,32?,33?,35?,36?/m1/s1. The molecule has 262 valence electrons. The van der Waals surface area contributed by atoms with Gasteiger partial charge in [0.1, 0.15) is 6.04 Å². The maximum absolute atomic E-state index is 12.8. The summed E-state index contributed by atoms with van der Waals surface area (Å²) in [6.07, 6.45) is 16.9. The molecular weight excluding hydrogens is 574 g/mol. The molecule has 5 N–H and O–H groups in total. The van der Waals surface area contributed by atoms with Crippen molar-refractivity contribution in [2.24, 2.45) is 17.6 Å². The molecule has 0 aromatic rings. The van der Waals surface area contributed by atoms with Gasteiger partial charge in [0.05, 0.1) is 12.3 Å². The normalized spacial score (nSPS) is 39.7. The van der Waals surface area contributed by atoms with Crippen molar-refractivity contribution in [1.82, 2.24) is 40.4 Å². The van der Waals surface area contributed by atoms with E-state index in [0.717, 1.165) is 37.8 Å². The van der Waals surface area contributed by atoms with Crippen molar-refractivity contribution < 1.29 is 4.79 Å². The number of nitrogens with two attached hydrogens (primary N) is 1. The number of allylic oxidation sites excluding steroid dienone is 2. The van der Waals surface area contributed by atoms with Crippen LogP contribution in [0.4, 0.5) is 0 Å². The number of nitrogens with zero attached hydrogens (tertiary/aromatic N) is 5. The number of rotatable bonds is 10. The van der Waals surface area contributed by atoms with Crippen LogP contribution >= 0.6 is 0 Å². The van der Waals surface area contributed by atoms with Crippen LogP contribution in [0.2, 0.25) is 0 Å². The van der Waals surface area contributed by atoms with E-state index in [-0.39, 0.29) is 24.3 Å². The van der Waals surface area contributed by atoms with Crippen LogP contribution in [0.15, 0.2) is 12.2 Å². The van der Waals surface area contributed by atoms with Crippen molar-refractivity contribution in [3.8, 4) is 0 Å². The molecule has 1 saturated carbocycles. The van der Waals surface area contributed by atoms with E-state index >= 15 is 0 Å². The monoisotopic (exact) mass is 642 g/mol. The Bertz CT molecular complexity index is 996. The largest absolute Gasteiger partial charge is 0.368 e. The second kappa shape index (κ2) is 16.1. The van der Waals surface area contributed by atoms with E-state index in [2.05, 4.69) is 80.5 Å². The number of nitrogens with one attached hydrogen (secondary N) is 3. The van der Waals surface area contributed by atoms with Gasteiger partial charge in [-0.3, -0.25) is 30.5 Å². The van der Waals surface area contributed by atoms with Gasteiger partial charge in [-0.05, 0) is 110 Å². The Morgan fingerprint density at radius 3 is 2.41 bits per heavy atom. The minimum absolute atomic E-state index is 0.160. The highest BCUT2D eigenvalue weighted by molar-refractivity contribution is 5.81. The predicted molar refractivity (Wildman–Crippen MR) is 187 cm³/mol. The Hall–Kier alpha value is -1.11. The molecule has 46 heavy (non-hydrogen) atoms. The molecule has 0 spiro atoms. The third-order valence-electron chi connectivity index (χ3n) is 12.9.